The molecular formula is C14H19N3O2S. The van der Waals surface area contributed by atoms with E-state index in [0.717, 1.165) is 42.8 Å². The summed E-state index contributed by atoms with van der Waals surface area (Å²) in [5, 5.41) is 5.66. The van der Waals surface area contributed by atoms with Crippen molar-refractivity contribution in [1.82, 2.24) is 15.2 Å². The highest BCUT2D eigenvalue weighted by atomic mass is 32.1. The maximum atomic E-state index is 12.4. The first-order valence-corrected chi connectivity index (χ1v) is 7.99. The normalized spacial score (nSPS) is 22.1. The summed E-state index contributed by atoms with van der Waals surface area (Å²) in [4.78, 5) is 30.9. The predicted molar refractivity (Wildman–Crippen MR) is 76.2 cm³/mol. The first kappa shape index (κ1) is 13.5. The minimum absolute atomic E-state index is 0.0133. The van der Waals surface area contributed by atoms with Crippen LogP contribution >= 0.6 is 11.3 Å². The van der Waals surface area contributed by atoms with Gasteiger partial charge in [-0.05, 0) is 19.8 Å². The average molecular weight is 293 g/mol. The van der Waals surface area contributed by atoms with E-state index in [4.69, 9.17) is 0 Å². The molecule has 0 radical (unpaired) electrons. The summed E-state index contributed by atoms with van der Waals surface area (Å²) >= 11 is 1.56. The number of hydrogen-bond acceptors (Lipinski definition) is 4. The topological polar surface area (TPSA) is 62.3 Å². The van der Waals surface area contributed by atoms with E-state index in [-0.39, 0.29) is 18.4 Å². The van der Waals surface area contributed by atoms with Gasteiger partial charge in [0.25, 0.3) is 0 Å². The third kappa shape index (κ3) is 2.22. The van der Waals surface area contributed by atoms with Crippen molar-refractivity contribution >= 4 is 23.2 Å². The number of nitrogens with zero attached hydrogens (tertiary/aromatic N) is 2. The number of rotatable bonds is 2. The van der Waals surface area contributed by atoms with E-state index in [0.29, 0.717) is 6.54 Å². The van der Waals surface area contributed by atoms with Crippen LogP contribution in [-0.2, 0) is 16.1 Å². The van der Waals surface area contributed by atoms with Gasteiger partial charge in [-0.15, -0.1) is 11.3 Å². The van der Waals surface area contributed by atoms with Gasteiger partial charge in [-0.2, -0.15) is 0 Å². The summed E-state index contributed by atoms with van der Waals surface area (Å²) in [6.07, 6.45) is 4.71. The molecule has 1 saturated carbocycles. The third-order valence-electron chi connectivity index (χ3n) is 4.28. The van der Waals surface area contributed by atoms with E-state index in [2.05, 4.69) is 10.3 Å². The first-order chi connectivity index (χ1) is 9.62. The zero-order valence-electron chi connectivity index (χ0n) is 11.6. The molecule has 0 aromatic carbocycles. The summed E-state index contributed by atoms with van der Waals surface area (Å²) in [5.74, 6) is 0.0319. The number of piperazine rings is 1. The molecule has 2 aliphatic rings. The van der Waals surface area contributed by atoms with Gasteiger partial charge in [0, 0.05) is 11.1 Å². The van der Waals surface area contributed by atoms with Crippen LogP contribution < -0.4 is 5.32 Å². The van der Waals surface area contributed by atoms with E-state index in [1.54, 1.807) is 16.2 Å². The molecule has 1 saturated heterocycles. The van der Waals surface area contributed by atoms with Crippen molar-refractivity contribution in [3.8, 4) is 0 Å². The van der Waals surface area contributed by atoms with Crippen molar-refractivity contribution in [2.45, 2.75) is 51.1 Å². The highest BCUT2D eigenvalue weighted by Crippen LogP contribution is 2.36. The summed E-state index contributed by atoms with van der Waals surface area (Å²) in [5.41, 5.74) is 0.337. The lowest BCUT2D eigenvalue weighted by Crippen LogP contribution is -2.67. The maximum absolute atomic E-state index is 12.4. The molecular weight excluding hydrogens is 274 g/mol. The lowest BCUT2D eigenvalue weighted by molar-refractivity contribution is -0.157. The van der Waals surface area contributed by atoms with Crippen LogP contribution in [-0.4, -0.2) is 33.8 Å². The molecule has 108 valence electrons. The molecule has 6 heteroatoms. The van der Waals surface area contributed by atoms with E-state index >= 15 is 0 Å². The molecule has 1 aliphatic heterocycles. The summed E-state index contributed by atoms with van der Waals surface area (Å²) in [7, 11) is 0. The van der Waals surface area contributed by atoms with E-state index in [1.165, 1.54) is 0 Å². The molecule has 0 bridgehead atoms. The van der Waals surface area contributed by atoms with Crippen molar-refractivity contribution in [2.24, 2.45) is 0 Å². The second kappa shape index (κ2) is 5.16. The van der Waals surface area contributed by atoms with Gasteiger partial charge < -0.3 is 10.2 Å². The monoisotopic (exact) mass is 293 g/mol. The van der Waals surface area contributed by atoms with Crippen LogP contribution in [0.3, 0.4) is 0 Å². The largest absolute Gasteiger partial charge is 0.345 e. The van der Waals surface area contributed by atoms with Gasteiger partial charge in [0.2, 0.25) is 11.8 Å². The fourth-order valence-electron chi connectivity index (χ4n) is 3.26. The first-order valence-electron chi connectivity index (χ1n) is 7.12. The van der Waals surface area contributed by atoms with Crippen LogP contribution in [0.2, 0.25) is 0 Å². The third-order valence-corrected chi connectivity index (χ3v) is 5.23. The van der Waals surface area contributed by atoms with Crippen LogP contribution in [0.5, 0.6) is 0 Å². The molecule has 2 amide bonds. The van der Waals surface area contributed by atoms with Crippen molar-refractivity contribution in [3.05, 3.63) is 16.1 Å². The summed E-state index contributed by atoms with van der Waals surface area (Å²) in [6.45, 7) is 2.52. The van der Waals surface area contributed by atoms with Gasteiger partial charge in [-0.1, -0.05) is 19.3 Å². The Hall–Kier alpha value is -1.43. The number of aryl methyl sites for hydroxylation is 1. The van der Waals surface area contributed by atoms with E-state index < -0.39 is 5.54 Å². The Morgan fingerprint density at radius 2 is 2.10 bits per heavy atom. The van der Waals surface area contributed by atoms with E-state index in [1.807, 2.05) is 12.3 Å². The molecule has 1 aliphatic carbocycles. The van der Waals surface area contributed by atoms with Gasteiger partial charge in [0.15, 0.2) is 0 Å². The quantitative estimate of drug-likeness (QED) is 0.901. The fraction of sp³-hybridized carbons (Fsp3) is 0.643. The molecule has 20 heavy (non-hydrogen) atoms. The van der Waals surface area contributed by atoms with Crippen molar-refractivity contribution < 1.29 is 9.59 Å². The van der Waals surface area contributed by atoms with Gasteiger partial charge in [-0.25, -0.2) is 4.98 Å². The predicted octanol–water partition coefficient (Wildman–Crippen LogP) is 1.61. The Balaban J connectivity index is 1.90. The Labute approximate surface area is 122 Å². The standard InChI is InChI=1S/C14H19N3O2S/c1-10-9-20-11(16-10)8-17-12(18)7-15-13(19)14(17)5-3-2-4-6-14/h9H,2-8H2,1H3,(H,15,19). The Kier molecular flexibility index (Phi) is 3.50. The van der Waals surface area contributed by atoms with E-state index in [9.17, 15) is 9.59 Å². The second-order valence-corrected chi connectivity index (χ2v) is 6.58. The van der Waals surface area contributed by atoms with Crippen LogP contribution in [0, 0.1) is 6.92 Å². The smallest absolute Gasteiger partial charge is 0.246 e. The molecule has 0 atom stereocenters. The van der Waals surface area contributed by atoms with Crippen LogP contribution in [0.25, 0.3) is 0 Å². The number of hydrogen-bond donors (Lipinski definition) is 1. The zero-order chi connectivity index (χ0) is 14.2. The van der Waals surface area contributed by atoms with Crippen molar-refractivity contribution in [2.75, 3.05) is 6.54 Å². The second-order valence-electron chi connectivity index (χ2n) is 5.64. The fourth-order valence-corrected chi connectivity index (χ4v) is 4.02. The molecule has 2 fully saturated rings. The lowest BCUT2D eigenvalue weighted by Gasteiger charge is -2.47. The van der Waals surface area contributed by atoms with Gasteiger partial charge in [0.05, 0.1) is 13.1 Å². The highest BCUT2D eigenvalue weighted by molar-refractivity contribution is 7.09. The highest BCUT2D eigenvalue weighted by Gasteiger charge is 2.49. The van der Waals surface area contributed by atoms with Crippen molar-refractivity contribution in [3.63, 3.8) is 0 Å². The Morgan fingerprint density at radius 1 is 1.35 bits per heavy atom. The SMILES string of the molecule is Cc1csc(CN2C(=O)CNC(=O)C23CCCCC3)n1. The average Bonchev–Trinajstić information content (AvgIpc) is 2.86. The number of thiazole rings is 1. The minimum atomic E-state index is -0.632. The maximum Gasteiger partial charge on any atom is 0.246 e. The Morgan fingerprint density at radius 3 is 2.75 bits per heavy atom. The number of amides is 2. The molecule has 2 heterocycles. The van der Waals surface area contributed by atoms with Crippen LogP contribution in [0.15, 0.2) is 5.38 Å². The van der Waals surface area contributed by atoms with Crippen molar-refractivity contribution in [1.29, 1.82) is 0 Å². The van der Waals surface area contributed by atoms with Gasteiger partial charge in [-0.3, -0.25) is 9.59 Å². The van der Waals surface area contributed by atoms with Crippen LogP contribution in [0.4, 0.5) is 0 Å². The zero-order valence-corrected chi connectivity index (χ0v) is 12.5. The molecule has 5 nitrogen and oxygen atoms in total. The number of carbonyl (C=O) groups excluding carboxylic acids is 2. The molecule has 1 spiro atoms. The number of aromatic nitrogens is 1. The van der Waals surface area contributed by atoms with Crippen LogP contribution in [0.1, 0.15) is 42.8 Å². The molecule has 1 N–H and O–H groups in total. The molecule has 3 rings (SSSR count). The number of nitrogens with one attached hydrogen (secondary N) is 1. The summed E-state index contributed by atoms with van der Waals surface area (Å²) < 4.78 is 0. The molecule has 1 aromatic rings. The molecule has 1 aromatic heterocycles. The Bertz CT molecular complexity index is 534. The minimum Gasteiger partial charge on any atom is -0.345 e. The summed E-state index contributed by atoms with van der Waals surface area (Å²) in [6, 6.07) is 0. The van der Waals surface area contributed by atoms with Gasteiger partial charge >= 0.3 is 0 Å². The lowest BCUT2D eigenvalue weighted by atomic mass is 9.78. The number of carbonyl (C=O) groups is 2. The van der Waals surface area contributed by atoms with Gasteiger partial charge in [0.1, 0.15) is 10.5 Å². The molecule has 0 unspecified atom stereocenters.